The first-order chi connectivity index (χ1) is 12.4. The summed E-state index contributed by atoms with van der Waals surface area (Å²) >= 11 is 0. The van der Waals surface area contributed by atoms with Crippen LogP contribution in [0.15, 0.2) is 15.8 Å². The Morgan fingerprint density at radius 3 is 2.52 bits per heavy atom. The van der Waals surface area contributed by atoms with Crippen LogP contribution in [0, 0.1) is 18.3 Å². The maximum Gasteiger partial charge on any atom is 0.329 e. The number of hydrogen-bond donors (Lipinski definition) is 1. The van der Waals surface area contributed by atoms with Gasteiger partial charge in [-0.2, -0.15) is 0 Å². The zero-order valence-corrected chi connectivity index (χ0v) is 18.5. The molecule has 0 bridgehead atoms. The predicted molar refractivity (Wildman–Crippen MR) is 109 cm³/mol. The van der Waals surface area contributed by atoms with Gasteiger partial charge in [-0.25, -0.2) is 4.79 Å². The standard InChI is InChI=1S/C20H32N2O4Si/c1-9-11-22-12-14(18(23)21-19(22)24)17-16(13(3)15(10-2)25-17)26-27(7,8)20(4,5)6/h1,12-13,15-17H,10-11H2,2-8H3,(H,21,23,24)/t13-,15+,16?,17-/m0/s1. The molecule has 1 N–H and O–H groups in total. The molecule has 0 radical (unpaired) electrons. The normalized spacial score (nSPS) is 26.1. The van der Waals surface area contributed by atoms with Gasteiger partial charge in [-0.3, -0.25) is 14.3 Å². The number of ether oxygens (including phenoxy) is 1. The highest BCUT2D eigenvalue weighted by atomic mass is 28.4. The third-order valence-electron chi connectivity index (χ3n) is 5.97. The molecule has 0 spiro atoms. The molecule has 1 aromatic heterocycles. The predicted octanol–water partition coefficient (Wildman–Crippen LogP) is 3.05. The highest BCUT2D eigenvalue weighted by molar-refractivity contribution is 6.74. The fraction of sp³-hybridized carbons (Fsp3) is 0.700. The van der Waals surface area contributed by atoms with Crippen LogP contribution in [0.25, 0.3) is 0 Å². The van der Waals surface area contributed by atoms with Crippen LogP contribution in [-0.2, 0) is 15.7 Å². The molecule has 1 unspecified atom stereocenters. The summed E-state index contributed by atoms with van der Waals surface area (Å²) in [7, 11) is -2.08. The molecule has 0 saturated carbocycles. The molecule has 4 atom stereocenters. The van der Waals surface area contributed by atoms with E-state index in [1.54, 1.807) is 0 Å². The van der Waals surface area contributed by atoms with Crippen molar-refractivity contribution in [2.45, 2.75) is 84.0 Å². The summed E-state index contributed by atoms with van der Waals surface area (Å²) in [6, 6.07) is 0. The molecular formula is C20H32N2O4Si. The maximum atomic E-state index is 12.5. The molecule has 27 heavy (non-hydrogen) atoms. The van der Waals surface area contributed by atoms with E-state index in [-0.39, 0.29) is 29.7 Å². The number of aromatic amines is 1. The Balaban J connectivity index is 2.50. The molecule has 1 aromatic rings. The van der Waals surface area contributed by atoms with Crippen LogP contribution < -0.4 is 11.2 Å². The van der Waals surface area contributed by atoms with E-state index in [9.17, 15) is 9.59 Å². The second-order valence-electron chi connectivity index (χ2n) is 8.88. The first kappa shape index (κ1) is 21.7. The lowest BCUT2D eigenvalue weighted by molar-refractivity contribution is 0.00956. The number of H-pyrrole nitrogens is 1. The molecule has 1 aliphatic rings. The largest absolute Gasteiger partial charge is 0.411 e. The highest BCUT2D eigenvalue weighted by Crippen LogP contribution is 2.45. The number of nitrogens with zero attached hydrogens (tertiary/aromatic N) is 1. The van der Waals surface area contributed by atoms with E-state index in [0.29, 0.717) is 5.56 Å². The Bertz CT molecular complexity index is 828. The van der Waals surface area contributed by atoms with Crippen molar-refractivity contribution in [1.82, 2.24) is 9.55 Å². The van der Waals surface area contributed by atoms with Gasteiger partial charge < -0.3 is 9.16 Å². The molecule has 1 fully saturated rings. The number of rotatable bonds is 5. The smallest absolute Gasteiger partial charge is 0.329 e. The summed E-state index contributed by atoms with van der Waals surface area (Å²) in [4.78, 5) is 26.9. The SMILES string of the molecule is C#CCn1cc([C@@H]2O[C@H](CC)[C@H](C)C2O[Si](C)(C)C(C)(C)C)c(=O)[nH]c1=O. The fourth-order valence-corrected chi connectivity index (χ4v) is 4.60. The Labute approximate surface area is 162 Å². The van der Waals surface area contributed by atoms with Gasteiger partial charge in [0, 0.05) is 12.1 Å². The fourth-order valence-electron chi connectivity index (χ4n) is 3.23. The quantitative estimate of drug-likeness (QED) is 0.617. The van der Waals surface area contributed by atoms with E-state index >= 15 is 0 Å². The van der Waals surface area contributed by atoms with Gasteiger partial charge >= 0.3 is 5.69 Å². The summed E-state index contributed by atoms with van der Waals surface area (Å²) < 4.78 is 14.3. The lowest BCUT2D eigenvalue weighted by Crippen LogP contribution is -2.46. The van der Waals surface area contributed by atoms with Crippen molar-refractivity contribution < 1.29 is 9.16 Å². The van der Waals surface area contributed by atoms with Crippen LogP contribution in [0.4, 0.5) is 0 Å². The Morgan fingerprint density at radius 1 is 1.37 bits per heavy atom. The minimum absolute atomic E-state index is 0.00261. The molecule has 1 saturated heterocycles. The Hall–Kier alpha value is -1.62. The van der Waals surface area contributed by atoms with Crippen LogP contribution >= 0.6 is 0 Å². The molecule has 1 aliphatic heterocycles. The first-order valence-electron chi connectivity index (χ1n) is 9.53. The van der Waals surface area contributed by atoms with E-state index in [1.807, 2.05) is 0 Å². The van der Waals surface area contributed by atoms with E-state index in [1.165, 1.54) is 10.8 Å². The summed E-state index contributed by atoms with van der Waals surface area (Å²) in [5.41, 5.74) is -0.552. The van der Waals surface area contributed by atoms with E-state index < -0.39 is 25.7 Å². The van der Waals surface area contributed by atoms with Crippen molar-refractivity contribution in [2.75, 3.05) is 0 Å². The van der Waals surface area contributed by atoms with Crippen LogP contribution in [0.2, 0.25) is 18.1 Å². The number of aromatic nitrogens is 2. The van der Waals surface area contributed by atoms with Gasteiger partial charge in [0.1, 0.15) is 6.10 Å². The van der Waals surface area contributed by atoms with Crippen molar-refractivity contribution in [3.63, 3.8) is 0 Å². The molecular weight excluding hydrogens is 360 g/mol. The van der Waals surface area contributed by atoms with Crippen LogP contribution in [0.5, 0.6) is 0 Å². The number of hydrogen-bond acceptors (Lipinski definition) is 4. The molecule has 0 amide bonds. The summed E-state index contributed by atoms with van der Waals surface area (Å²) in [6.07, 6.45) is 6.93. The second-order valence-corrected chi connectivity index (χ2v) is 13.6. The van der Waals surface area contributed by atoms with Crippen molar-refractivity contribution in [3.05, 3.63) is 32.6 Å². The van der Waals surface area contributed by atoms with Gasteiger partial charge in [-0.05, 0) is 24.6 Å². The van der Waals surface area contributed by atoms with E-state index in [0.717, 1.165) is 6.42 Å². The molecule has 2 heterocycles. The molecule has 0 aromatic carbocycles. The lowest BCUT2D eigenvalue weighted by atomic mass is 9.95. The third-order valence-corrected chi connectivity index (χ3v) is 10.4. The number of nitrogens with one attached hydrogen (secondary N) is 1. The van der Waals surface area contributed by atoms with Gasteiger partial charge in [0.05, 0.1) is 24.3 Å². The summed E-state index contributed by atoms with van der Waals surface area (Å²) in [5, 5.41) is 0.0379. The molecule has 0 aliphatic carbocycles. The van der Waals surface area contributed by atoms with E-state index in [4.69, 9.17) is 15.6 Å². The van der Waals surface area contributed by atoms with Crippen LogP contribution in [0.1, 0.15) is 52.7 Å². The van der Waals surface area contributed by atoms with Crippen LogP contribution in [0.3, 0.4) is 0 Å². The molecule has 7 heteroatoms. The minimum atomic E-state index is -2.08. The van der Waals surface area contributed by atoms with E-state index in [2.05, 4.69) is 58.6 Å². The molecule has 6 nitrogen and oxygen atoms in total. The van der Waals surface area contributed by atoms with Gasteiger partial charge in [0.2, 0.25) is 0 Å². The summed E-state index contributed by atoms with van der Waals surface area (Å²) in [6.45, 7) is 15.2. The van der Waals surface area contributed by atoms with Crippen molar-refractivity contribution in [1.29, 1.82) is 0 Å². The van der Waals surface area contributed by atoms with Gasteiger partial charge in [0.15, 0.2) is 8.32 Å². The highest BCUT2D eigenvalue weighted by Gasteiger charge is 2.49. The third kappa shape index (κ3) is 4.28. The molecule has 150 valence electrons. The maximum absolute atomic E-state index is 12.5. The number of terminal acetylenes is 1. The lowest BCUT2D eigenvalue weighted by Gasteiger charge is -2.40. The van der Waals surface area contributed by atoms with Crippen LogP contribution in [-0.4, -0.2) is 30.1 Å². The topological polar surface area (TPSA) is 73.3 Å². The zero-order valence-electron chi connectivity index (χ0n) is 17.5. The Morgan fingerprint density at radius 2 is 2.00 bits per heavy atom. The van der Waals surface area contributed by atoms with Gasteiger partial charge in [-0.15, -0.1) is 6.42 Å². The van der Waals surface area contributed by atoms with Crippen molar-refractivity contribution in [3.8, 4) is 12.3 Å². The summed E-state index contributed by atoms with van der Waals surface area (Å²) in [5.74, 6) is 2.58. The second kappa shape index (κ2) is 7.78. The van der Waals surface area contributed by atoms with Crippen molar-refractivity contribution >= 4 is 8.32 Å². The first-order valence-corrected chi connectivity index (χ1v) is 12.4. The minimum Gasteiger partial charge on any atom is -0.411 e. The van der Waals surface area contributed by atoms with Gasteiger partial charge in [-0.1, -0.05) is 40.5 Å². The Kier molecular flexibility index (Phi) is 6.25. The van der Waals surface area contributed by atoms with Gasteiger partial charge in [0.25, 0.3) is 5.56 Å². The average Bonchev–Trinajstić information content (AvgIpc) is 2.85. The zero-order chi connectivity index (χ0) is 20.6. The monoisotopic (exact) mass is 392 g/mol. The average molecular weight is 393 g/mol. The van der Waals surface area contributed by atoms with Crippen molar-refractivity contribution in [2.24, 2.45) is 5.92 Å². The molecule has 2 rings (SSSR count).